The first-order chi connectivity index (χ1) is 22.9. The topological polar surface area (TPSA) is 266 Å². The molecule has 16 heteroatoms. The van der Waals surface area contributed by atoms with E-state index in [1.165, 1.54) is 30.3 Å². The Morgan fingerprint density at radius 3 is 2.33 bits per heavy atom. The van der Waals surface area contributed by atoms with Crippen LogP contribution in [-0.4, -0.2) is 95.7 Å². The zero-order valence-electron chi connectivity index (χ0n) is 24.7. The number of hydrogen-bond donors (Lipinski definition) is 9. The summed E-state index contributed by atoms with van der Waals surface area (Å²) < 4.78 is 16.5. The van der Waals surface area contributed by atoms with E-state index in [1.54, 1.807) is 0 Å². The Kier molecular flexibility index (Phi) is 10.2. The third kappa shape index (κ3) is 7.19. The van der Waals surface area contributed by atoms with Crippen molar-refractivity contribution in [2.45, 2.75) is 37.3 Å². The van der Waals surface area contributed by atoms with E-state index in [0.717, 1.165) is 30.3 Å². The number of carbonyl (C=O) groups excluding carboxylic acids is 1. The van der Waals surface area contributed by atoms with Crippen LogP contribution in [0.4, 0.5) is 0 Å². The molecule has 254 valence electrons. The third-order valence-electron chi connectivity index (χ3n) is 7.31. The molecule has 48 heavy (non-hydrogen) atoms. The lowest BCUT2D eigenvalue weighted by Crippen LogP contribution is -2.59. The van der Waals surface area contributed by atoms with Gasteiger partial charge in [0, 0.05) is 17.7 Å². The van der Waals surface area contributed by atoms with Gasteiger partial charge in [0.1, 0.15) is 59.3 Å². The first-order valence-electron chi connectivity index (χ1n) is 14.2. The predicted octanol–water partition coefficient (Wildman–Crippen LogP) is 0.897. The normalized spacial score (nSPS) is 21.1. The number of ketones is 1. The van der Waals surface area contributed by atoms with Gasteiger partial charge in [-0.3, -0.25) is 9.59 Å². The number of phenolic OH excluding ortho intramolecular Hbond substituents is 5. The minimum absolute atomic E-state index is 0.113. The van der Waals surface area contributed by atoms with Crippen molar-refractivity contribution in [2.75, 3.05) is 13.2 Å². The van der Waals surface area contributed by atoms with Crippen molar-refractivity contribution in [1.29, 1.82) is 0 Å². The summed E-state index contributed by atoms with van der Waals surface area (Å²) in [5.41, 5.74) is -0.555. The maximum absolute atomic E-state index is 13.4. The van der Waals surface area contributed by atoms with Crippen LogP contribution in [0.2, 0.25) is 0 Å². The molecule has 0 radical (unpaired) electrons. The lowest BCUT2D eigenvalue weighted by molar-refractivity contribution is -0.387. The highest BCUT2D eigenvalue weighted by Crippen LogP contribution is 2.36. The first-order valence-corrected chi connectivity index (χ1v) is 14.2. The van der Waals surface area contributed by atoms with Gasteiger partial charge in [0.15, 0.2) is 23.0 Å². The fourth-order valence-electron chi connectivity index (χ4n) is 4.79. The second-order valence-corrected chi connectivity index (χ2v) is 10.7. The van der Waals surface area contributed by atoms with Crippen LogP contribution in [0.5, 0.6) is 34.5 Å². The maximum Gasteiger partial charge on any atom is 0.232 e. The van der Waals surface area contributed by atoms with Crippen molar-refractivity contribution in [2.24, 2.45) is 0 Å². The second-order valence-electron chi connectivity index (χ2n) is 10.7. The molecule has 1 fully saturated rings. The van der Waals surface area contributed by atoms with E-state index in [2.05, 4.69) is 0 Å². The number of rotatable bonds is 11. The van der Waals surface area contributed by atoms with Crippen LogP contribution in [0.25, 0.3) is 28.4 Å². The molecule has 1 aliphatic rings. The Morgan fingerprint density at radius 2 is 1.60 bits per heavy atom. The average Bonchev–Trinajstić information content (AvgIpc) is 3.05. The van der Waals surface area contributed by atoms with Crippen LogP contribution in [0.15, 0.2) is 63.8 Å². The van der Waals surface area contributed by atoms with E-state index in [0.29, 0.717) is 5.56 Å². The molecule has 0 amide bonds. The maximum atomic E-state index is 13.4. The van der Waals surface area contributed by atoms with Gasteiger partial charge in [0.05, 0.1) is 18.8 Å². The number of ether oxygens (including phenoxy) is 2. The first kappa shape index (κ1) is 34.1. The van der Waals surface area contributed by atoms with Crippen LogP contribution >= 0.6 is 0 Å². The molecule has 0 bridgehead atoms. The minimum Gasteiger partial charge on any atom is -0.508 e. The minimum atomic E-state index is -1.75. The number of aromatic hydroxyl groups is 5. The number of benzene rings is 3. The van der Waals surface area contributed by atoms with Crippen LogP contribution in [0.1, 0.15) is 11.1 Å². The Balaban J connectivity index is 1.27. The van der Waals surface area contributed by atoms with Crippen molar-refractivity contribution < 1.29 is 74.4 Å². The zero-order valence-corrected chi connectivity index (χ0v) is 24.7. The fraction of sp³-hybridized carbons (Fsp3) is 0.250. The highest BCUT2D eigenvalue weighted by Gasteiger charge is 2.45. The van der Waals surface area contributed by atoms with Crippen LogP contribution in [-0.2, 0) is 25.8 Å². The van der Waals surface area contributed by atoms with Gasteiger partial charge in [-0.1, -0.05) is 12.1 Å². The lowest BCUT2D eigenvalue weighted by atomic mass is 9.99. The highest BCUT2D eigenvalue weighted by atomic mass is 17.2. The molecule has 5 atom stereocenters. The quantitative estimate of drug-likeness (QED) is 0.0464. The lowest BCUT2D eigenvalue weighted by Gasteiger charge is -2.38. The molecule has 9 N–H and O–H groups in total. The monoisotopic (exact) mass is 670 g/mol. The molecule has 0 saturated carbocycles. The Labute approximate surface area is 269 Å². The molecule has 1 saturated heterocycles. The Morgan fingerprint density at radius 1 is 0.854 bits per heavy atom. The van der Waals surface area contributed by atoms with Gasteiger partial charge in [0.25, 0.3) is 0 Å². The third-order valence-corrected chi connectivity index (χ3v) is 7.31. The van der Waals surface area contributed by atoms with Crippen LogP contribution < -0.4 is 10.3 Å². The predicted molar refractivity (Wildman–Crippen MR) is 162 cm³/mol. The molecule has 1 aromatic heterocycles. The molecule has 0 aliphatic carbocycles. The molecule has 4 aromatic rings. The van der Waals surface area contributed by atoms with Crippen molar-refractivity contribution in [1.82, 2.24) is 0 Å². The van der Waals surface area contributed by atoms with E-state index in [-0.39, 0.29) is 39.4 Å². The Hall–Kier alpha value is -5.20. The fourth-order valence-corrected chi connectivity index (χ4v) is 4.79. The number of hydrogen-bond acceptors (Lipinski definition) is 16. The summed E-state index contributed by atoms with van der Waals surface area (Å²) in [6.07, 6.45) is -5.51. The average molecular weight is 671 g/mol. The van der Waals surface area contributed by atoms with Gasteiger partial charge in [-0.2, -0.15) is 4.89 Å². The second kappa shape index (κ2) is 14.3. The smallest absolute Gasteiger partial charge is 0.232 e. The van der Waals surface area contributed by atoms with Crippen LogP contribution in [0, 0.1) is 0 Å². The number of aliphatic hydroxyl groups excluding tert-OH is 4. The molecule has 16 nitrogen and oxygen atoms in total. The van der Waals surface area contributed by atoms with Gasteiger partial charge >= 0.3 is 0 Å². The van der Waals surface area contributed by atoms with E-state index in [4.69, 9.17) is 23.7 Å². The largest absolute Gasteiger partial charge is 0.508 e. The molecule has 0 unspecified atom stereocenters. The number of carbonyl (C=O) groups is 1. The summed E-state index contributed by atoms with van der Waals surface area (Å²) in [7, 11) is 0. The standard InChI is InChI=1S/C32H30O16/c33-11-25-28(41)29(42)30(43)32(46-25)48-47-23-7-14(2-5-20(23)37)1-4-16(34)12-44-13-18-27(40)26-22(39)9-17(35)10-24(26)45-31(18)15-3-6-19(36)21(38)8-15/h1-10,25,28-30,32-33,35-39,41-43H,11-13H2/b4-1+/t25-,28+,29+,30-,32-/m1/s1. The van der Waals surface area contributed by atoms with Crippen molar-refractivity contribution >= 4 is 22.8 Å². The van der Waals surface area contributed by atoms with Gasteiger partial charge in [-0.25, -0.2) is 0 Å². The number of fused-ring (bicyclic) bond motifs is 1. The molecule has 2 heterocycles. The summed E-state index contributed by atoms with van der Waals surface area (Å²) in [6.45, 7) is -1.71. The summed E-state index contributed by atoms with van der Waals surface area (Å²) in [5.74, 6) is -3.23. The highest BCUT2D eigenvalue weighted by molar-refractivity contribution is 5.94. The van der Waals surface area contributed by atoms with E-state index >= 15 is 0 Å². The molecular formula is C32H30O16. The van der Waals surface area contributed by atoms with Gasteiger partial charge in [-0.15, -0.1) is 0 Å². The Bertz CT molecular complexity index is 1900. The molecule has 1 aliphatic heterocycles. The number of aliphatic hydroxyl groups is 4. The van der Waals surface area contributed by atoms with Crippen LogP contribution in [0.3, 0.4) is 0 Å². The summed E-state index contributed by atoms with van der Waals surface area (Å²) in [4.78, 5) is 36.0. The SMILES string of the molecule is O=C(/C=C/c1ccc(O)c(OO[C@H]2O[C@H](CO)[C@H](O)[C@H](O)[C@H]2O)c1)COCc1c(-c2ccc(O)c(O)c2)oc2cc(O)cc(O)c2c1=O. The molecule has 5 rings (SSSR count). The summed E-state index contributed by atoms with van der Waals surface area (Å²) in [5, 5.41) is 88.9. The van der Waals surface area contributed by atoms with Gasteiger partial charge < -0.3 is 64.7 Å². The van der Waals surface area contributed by atoms with E-state index in [9.17, 15) is 55.5 Å². The van der Waals surface area contributed by atoms with Crippen molar-refractivity contribution in [3.8, 4) is 45.8 Å². The number of phenols is 5. The van der Waals surface area contributed by atoms with Gasteiger partial charge in [0.2, 0.25) is 17.5 Å². The summed E-state index contributed by atoms with van der Waals surface area (Å²) in [6, 6.07) is 9.59. The van der Waals surface area contributed by atoms with E-state index in [1.807, 2.05) is 0 Å². The van der Waals surface area contributed by atoms with Crippen molar-refractivity contribution in [3.05, 3.63) is 76.0 Å². The van der Waals surface area contributed by atoms with Crippen molar-refractivity contribution in [3.63, 3.8) is 0 Å². The molecule has 0 spiro atoms. The van der Waals surface area contributed by atoms with Gasteiger partial charge in [-0.05, 0) is 42.0 Å². The molecule has 3 aromatic carbocycles. The van der Waals surface area contributed by atoms with E-state index < -0.39 is 84.7 Å². The summed E-state index contributed by atoms with van der Waals surface area (Å²) >= 11 is 0. The zero-order chi connectivity index (χ0) is 34.7. The molecular weight excluding hydrogens is 640 g/mol.